The minimum absolute atomic E-state index is 0.0249. The highest BCUT2D eigenvalue weighted by atomic mass is 35.5. The standard InChI is InChI=1S/C20H23ClN2O5S2/c1-23(14-7-3-2-4-8-14)18(24)13-28-20(25)15-9-5-6-10-16(15)22-30(26,27)19-12-11-17(21)29-19/h5-6,9-12,14,22H,2-4,7-8,13H2,1H3. The Morgan fingerprint density at radius 3 is 2.53 bits per heavy atom. The molecule has 0 spiro atoms. The van der Waals surface area contributed by atoms with Gasteiger partial charge in [-0.1, -0.05) is 43.0 Å². The monoisotopic (exact) mass is 470 g/mol. The minimum atomic E-state index is -3.91. The summed E-state index contributed by atoms with van der Waals surface area (Å²) in [5, 5.41) is 0. The Morgan fingerprint density at radius 2 is 1.87 bits per heavy atom. The van der Waals surface area contributed by atoms with Crippen molar-refractivity contribution in [3.05, 3.63) is 46.3 Å². The molecule has 1 aliphatic carbocycles. The Morgan fingerprint density at radius 1 is 1.17 bits per heavy atom. The van der Waals surface area contributed by atoms with E-state index < -0.39 is 22.6 Å². The number of hydrogen-bond acceptors (Lipinski definition) is 6. The number of carbonyl (C=O) groups is 2. The Balaban J connectivity index is 1.66. The molecule has 1 amide bonds. The highest BCUT2D eigenvalue weighted by Crippen LogP contribution is 2.28. The summed E-state index contributed by atoms with van der Waals surface area (Å²) >= 11 is 6.73. The van der Waals surface area contributed by atoms with E-state index >= 15 is 0 Å². The number of sulfonamides is 1. The number of thiophene rings is 1. The number of halogens is 1. The van der Waals surface area contributed by atoms with Crippen LogP contribution in [0.5, 0.6) is 0 Å². The molecule has 1 aliphatic rings. The first-order chi connectivity index (χ1) is 14.3. The Labute approximate surface area is 185 Å². The minimum Gasteiger partial charge on any atom is -0.452 e. The van der Waals surface area contributed by atoms with Gasteiger partial charge in [-0.2, -0.15) is 0 Å². The highest BCUT2D eigenvalue weighted by Gasteiger charge is 2.24. The second-order valence-electron chi connectivity index (χ2n) is 7.08. The maximum atomic E-state index is 12.5. The van der Waals surface area contributed by atoms with Crippen LogP contribution in [0.1, 0.15) is 42.5 Å². The van der Waals surface area contributed by atoms with Crippen molar-refractivity contribution in [2.24, 2.45) is 0 Å². The van der Waals surface area contributed by atoms with Gasteiger partial charge in [-0.25, -0.2) is 13.2 Å². The van der Waals surface area contributed by atoms with Gasteiger partial charge >= 0.3 is 5.97 Å². The van der Waals surface area contributed by atoms with E-state index in [2.05, 4.69) is 4.72 Å². The molecule has 0 saturated heterocycles. The molecule has 1 N–H and O–H groups in total. The average molecular weight is 471 g/mol. The molecule has 7 nitrogen and oxygen atoms in total. The Bertz CT molecular complexity index is 1020. The summed E-state index contributed by atoms with van der Waals surface area (Å²) < 4.78 is 33.0. The van der Waals surface area contributed by atoms with Gasteiger partial charge < -0.3 is 9.64 Å². The first kappa shape index (κ1) is 22.6. The predicted octanol–water partition coefficient (Wildman–Crippen LogP) is 4.15. The summed E-state index contributed by atoms with van der Waals surface area (Å²) in [4.78, 5) is 26.6. The van der Waals surface area contributed by atoms with Crippen LogP contribution in [-0.4, -0.2) is 44.9 Å². The molecule has 0 aliphatic heterocycles. The van der Waals surface area contributed by atoms with Crippen molar-refractivity contribution in [3.8, 4) is 0 Å². The molecule has 1 heterocycles. The van der Waals surface area contributed by atoms with Crippen LogP contribution < -0.4 is 4.72 Å². The van der Waals surface area contributed by atoms with Crippen molar-refractivity contribution in [2.75, 3.05) is 18.4 Å². The first-order valence-electron chi connectivity index (χ1n) is 9.58. The van der Waals surface area contributed by atoms with Crippen molar-refractivity contribution >= 4 is 50.5 Å². The number of nitrogens with zero attached hydrogens (tertiary/aromatic N) is 1. The zero-order valence-corrected chi connectivity index (χ0v) is 18.9. The van der Waals surface area contributed by atoms with Gasteiger partial charge in [-0.15, -0.1) is 11.3 Å². The van der Waals surface area contributed by atoms with Gasteiger partial charge in [-0.3, -0.25) is 9.52 Å². The molecule has 162 valence electrons. The van der Waals surface area contributed by atoms with Crippen LogP contribution >= 0.6 is 22.9 Å². The highest BCUT2D eigenvalue weighted by molar-refractivity contribution is 7.94. The number of anilines is 1. The fourth-order valence-corrected chi connectivity index (χ4v) is 5.93. The lowest BCUT2D eigenvalue weighted by Gasteiger charge is -2.31. The van der Waals surface area contributed by atoms with Crippen molar-refractivity contribution in [3.63, 3.8) is 0 Å². The number of rotatable bonds is 7. The molecule has 10 heteroatoms. The fraction of sp³-hybridized carbons (Fsp3) is 0.400. The van der Waals surface area contributed by atoms with E-state index in [1.165, 1.54) is 30.7 Å². The number of likely N-dealkylation sites (N-methyl/N-ethyl adjacent to an activating group) is 1. The van der Waals surface area contributed by atoms with Crippen LogP contribution in [0.3, 0.4) is 0 Å². The van der Waals surface area contributed by atoms with Crippen molar-refractivity contribution < 1.29 is 22.7 Å². The second-order valence-corrected chi connectivity index (χ2v) is 10.7. The lowest BCUT2D eigenvalue weighted by atomic mass is 9.94. The SMILES string of the molecule is CN(C(=O)COC(=O)c1ccccc1NS(=O)(=O)c1ccc(Cl)s1)C1CCCCC1. The number of hydrogen-bond donors (Lipinski definition) is 1. The topological polar surface area (TPSA) is 92.8 Å². The molecule has 0 radical (unpaired) electrons. The molecule has 1 aromatic heterocycles. The summed E-state index contributed by atoms with van der Waals surface area (Å²) in [6.07, 6.45) is 5.26. The Hall–Kier alpha value is -2.10. The predicted molar refractivity (Wildman–Crippen MR) is 117 cm³/mol. The zero-order valence-electron chi connectivity index (χ0n) is 16.5. The number of carbonyl (C=O) groups excluding carboxylic acids is 2. The third kappa shape index (κ3) is 5.53. The second kappa shape index (κ2) is 9.80. The lowest BCUT2D eigenvalue weighted by molar-refractivity contribution is -0.135. The number of nitrogens with one attached hydrogen (secondary N) is 1. The van der Waals surface area contributed by atoms with Crippen LogP contribution in [0, 0.1) is 0 Å². The number of para-hydroxylation sites is 1. The summed E-state index contributed by atoms with van der Waals surface area (Å²) in [7, 11) is -2.18. The number of esters is 1. The smallest absolute Gasteiger partial charge is 0.340 e. The third-order valence-corrected chi connectivity index (χ3v) is 8.14. The molecule has 1 aromatic carbocycles. The number of benzene rings is 1. The molecule has 30 heavy (non-hydrogen) atoms. The quantitative estimate of drug-likeness (QED) is 0.613. The van der Waals surface area contributed by atoms with Crippen LogP contribution in [0.4, 0.5) is 5.69 Å². The lowest BCUT2D eigenvalue weighted by Crippen LogP contribution is -2.40. The van der Waals surface area contributed by atoms with E-state index in [-0.39, 0.29) is 27.4 Å². The fourth-order valence-electron chi connectivity index (χ4n) is 3.37. The summed E-state index contributed by atoms with van der Waals surface area (Å²) in [5.41, 5.74) is 0.0944. The van der Waals surface area contributed by atoms with E-state index in [4.69, 9.17) is 16.3 Å². The van der Waals surface area contributed by atoms with Gasteiger partial charge in [0, 0.05) is 13.1 Å². The van der Waals surface area contributed by atoms with Gasteiger partial charge in [0.2, 0.25) is 0 Å². The largest absolute Gasteiger partial charge is 0.452 e. The molecule has 2 aromatic rings. The van der Waals surface area contributed by atoms with Crippen molar-refractivity contribution in [1.29, 1.82) is 0 Å². The maximum Gasteiger partial charge on any atom is 0.340 e. The van der Waals surface area contributed by atoms with Gasteiger partial charge in [-0.05, 0) is 37.1 Å². The molecule has 0 atom stereocenters. The van der Waals surface area contributed by atoms with E-state index in [1.807, 2.05) is 0 Å². The van der Waals surface area contributed by atoms with E-state index in [1.54, 1.807) is 24.1 Å². The van der Waals surface area contributed by atoms with Gasteiger partial charge in [0.15, 0.2) is 6.61 Å². The van der Waals surface area contributed by atoms with Gasteiger partial charge in [0.25, 0.3) is 15.9 Å². The third-order valence-electron chi connectivity index (χ3n) is 5.05. The normalized spacial score (nSPS) is 14.9. The van der Waals surface area contributed by atoms with E-state index in [9.17, 15) is 18.0 Å². The van der Waals surface area contributed by atoms with Crippen molar-refractivity contribution in [1.82, 2.24) is 4.90 Å². The average Bonchev–Trinajstić information content (AvgIpc) is 3.19. The van der Waals surface area contributed by atoms with Crippen LogP contribution in [0.15, 0.2) is 40.6 Å². The van der Waals surface area contributed by atoms with E-state index in [0.29, 0.717) is 4.34 Å². The molecular formula is C20H23ClN2O5S2. The summed E-state index contributed by atoms with van der Waals surface area (Å²) in [6, 6.07) is 9.12. The van der Waals surface area contributed by atoms with Crippen LogP contribution in [0.2, 0.25) is 4.34 Å². The van der Waals surface area contributed by atoms with E-state index in [0.717, 1.165) is 37.0 Å². The zero-order chi connectivity index (χ0) is 21.7. The van der Waals surface area contributed by atoms with Gasteiger partial charge in [0.1, 0.15) is 4.21 Å². The van der Waals surface area contributed by atoms with Crippen LogP contribution in [0.25, 0.3) is 0 Å². The number of ether oxygens (including phenoxy) is 1. The Kier molecular flexibility index (Phi) is 7.38. The molecule has 1 fully saturated rings. The van der Waals surface area contributed by atoms with Crippen molar-refractivity contribution in [2.45, 2.75) is 42.4 Å². The first-order valence-corrected chi connectivity index (χ1v) is 12.3. The maximum absolute atomic E-state index is 12.5. The molecule has 0 bridgehead atoms. The molecule has 3 rings (SSSR count). The number of amides is 1. The molecule has 0 unspecified atom stereocenters. The molecular weight excluding hydrogens is 448 g/mol. The van der Waals surface area contributed by atoms with Gasteiger partial charge in [0.05, 0.1) is 15.6 Å². The summed E-state index contributed by atoms with van der Waals surface area (Å²) in [6.45, 7) is -0.395. The van der Waals surface area contributed by atoms with Crippen LogP contribution in [-0.2, 0) is 19.6 Å². The molecule has 1 saturated carbocycles. The summed E-state index contributed by atoms with van der Waals surface area (Å²) in [5.74, 6) is -1.05.